The van der Waals surface area contributed by atoms with Gasteiger partial charge in [0, 0.05) is 12.8 Å². The van der Waals surface area contributed by atoms with Crippen LogP contribution in [-0.2, 0) is 16.6 Å². The second-order valence-electron chi connectivity index (χ2n) is 6.26. The minimum atomic E-state index is 0.150. The fourth-order valence-electron chi connectivity index (χ4n) is 1.90. The zero-order valence-electron chi connectivity index (χ0n) is 11.7. The third kappa shape index (κ3) is 4.72. The second kappa shape index (κ2) is 5.48. The average molecular weight is 232 g/mol. The van der Waals surface area contributed by atoms with Crippen LogP contribution in [0.1, 0.15) is 52.2 Å². The molecule has 17 heavy (non-hydrogen) atoms. The Hall–Kier alpha value is -1.11. The van der Waals surface area contributed by atoms with Crippen LogP contribution in [0, 0.1) is 5.92 Å². The summed E-state index contributed by atoms with van der Waals surface area (Å²) in [5, 5.41) is 0. The van der Waals surface area contributed by atoms with Gasteiger partial charge in [0.15, 0.2) is 0 Å². The summed E-state index contributed by atoms with van der Waals surface area (Å²) in [6.45, 7) is 10.8. The molecular weight excluding hydrogens is 208 g/mol. The third-order valence-electron chi connectivity index (χ3n) is 2.83. The summed E-state index contributed by atoms with van der Waals surface area (Å²) in [5.74, 6) is 0.791. The summed E-state index contributed by atoms with van der Waals surface area (Å²) in [4.78, 5) is 11.8. The molecule has 0 N–H and O–H groups in total. The number of rotatable bonds is 4. The molecule has 0 saturated carbocycles. The third-order valence-corrected chi connectivity index (χ3v) is 2.83. The molecule has 1 aromatic rings. The number of ketones is 1. The monoisotopic (exact) mass is 232 g/mol. The highest BCUT2D eigenvalue weighted by Crippen LogP contribution is 2.23. The highest BCUT2D eigenvalue weighted by Gasteiger charge is 2.14. The first-order valence-electron chi connectivity index (χ1n) is 6.40. The van der Waals surface area contributed by atoms with E-state index in [1.807, 2.05) is 6.07 Å². The predicted octanol–water partition coefficient (Wildman–Crippen LogP) is 4.14. The van der Waals surface area contributed by atoms with E-state index in [0.29, 0.717) is 24.5 Å². The lowest BCUT2D eigenvalue weighted by Crippen LogP contribution is -2.12. The van der Waals surface area contributed by atoms with Crippen molar-refractivity contribution in [1.82, 2.24) is 0 Å². The van der Waals surface area contributed by atoms with Gasteiger partial charge in [-0.05, 0) is 22.5 Å². The van der Waals surface area contributed by atoms with Gasteiger partial charge in [-0.25, -0.2) is 0 Å². The molecule has 0 heterocycles. The van der Waals surface area contributed by atoms with Gasteiger partial charge in [0.25, 0.3) is 0 Å². The van der Waals surface area contributed by atoms with Crippen LogP contribution in [0.2, 0.25) is 0 Å². The molecule has 0 unspecified atom stereocenters. The van der Waals surface area contributed by atoms with Crippen molar-refractivity contribution in [3.05, 3.63) is 35.4 Å². The summed E-state index contributed by atoms with van der Waals surface area (Å²) >= 11 is 0. The van der Waals surface area contributed by atoms with Gasteiger partial charge in [-0.15, -0.1) is 0 Å². The minimum Gasteiger partial charge on any atom is -0.299 e. The van der Waals surface area contributed by atoms with Gasteiger partial charge in [-0.2, -0.15) is 0 Å². The van der Waals surface area contributed by atoms with Crippen molar-refractivity contribution in [3.8, 4) is 0 Å². The van der Waals surface area contributed by atoms with Crippen LogP contribution >= 0.6 is 0 Å². The van der Waals surface area contributed by atoms with Crippen molar-refractivity contribution in [1.29, 1.82) is 0 Å². The van der Waals surface area contributed by atoms with Crippen molar-refractivity contribution in [2.45, 2.75) is 52.9 Å². The molecule has 0 aliphatic carbocycles. The number of Topliss-reactive ketones (excluding diaryl/α,β-unsaturated/α-hetero) is 1. The first kappa shape index (κ1) is 14.0. The van der Waals surface area contributed by atoms with E-state index < -0.39 is 0 Å². The number of benzene rings is 1. The van der Waals surface area contributed by atoms with Crippen molar-refractivity contribution in [2.24, 2.45) is 5.92 Å². The summed E-state index contributed by atoms with van der Waals surface area (Å²) in [6, 6.07) is 8.40. The van der Waals surface area contributed by atoms with Gasteiger partial charge >= 0.3 is 0 Å². The fourth-order valence-corrected chi connectivity index (χ4v) is 1.90. The quantitative estimate of drug-likeness (QED) is 0.762. The summed E-state index contributed by atoms with van der Waals surface area (Å²) in [5.41, 5.74) is 2.59. The standard InChI is InChI=1S/C16H24O/c1-12(2)9-15(17)11-13-7-6-8-14(10-13)16(3,4)5/h6-8,10,12H,9,11H2,1-5H3. The maximum absolute atomic E-state index is 11.8. The summed E-state index contributed by atoms with van der Waals surface area (Å²) in [6.07, 6.45) is 1.25. The van der Waals surface area contributed by atoms with Crippen LogP contribution in [0.5, 0.6) is 0 Å². The number of hydrogen-bond donors (Lipinski definition) is 0. The van der Waals surface area contributed by atoms with E-state index >= 15 is 0 Å². The van der Waals surface area contributed by atoms with E-state index in [1.165, 1.54) is 5.56 Å². The molecule has 0 aliphatic rings. The topological polar surface area (TPSA) is 17.1 Å². The van der Waals surface area contributed by atoms with E-state index in [0.717, 1.165) is 5.56 Å². The smallest absolute Gasteiger partial charge is 0.137 e. The second-order valence-corrected chi connectivity index (χ2v) is 6.26. The van der Waals surface area contributed by atoms with E-state index in [4.69, 9.17) is 0 Å². The van der Waals surface area contributed by atoms with Gasteiger partial charge in [0.1, 0.15) is 5.78 Å². The first-order chi connectivity index (χ1) is 7.79. The van der Waals surface area contributed by atoms with Gasteiger partial charge in [-0.1, -0.05) is 58.9 Å². The van der Waals surface area contributed by atoms with E-state index in [2.05, 4.69) is 52.8 Å². The Morgan fingerprint density at radius 1 is 1.24 bits per heavy atom. The Bertz CT molecular complexity index is 383. The predicted molar refractivity (Wildman–Crippen MR) is 73.3 cm³/mol. The average Bonchev–Trinajstić information content (AvgIpc) is 2.15. The maximum Gasteiger partial charge on any atom is 0.137 e. The van der Waals surface area contributed by atoms with E-state index in [9.17, 15) is 4.79 Å². The molecule has 0 bridgehead atoms. The minimum absolute atomic E-state index is 0.150. The molecule has 1 aromatic carbocycles. The van der Waals surface area contributed by atoms with Gasteiger partial charge in [0.05, 0.1) is 0 Å². The summed E-state index contributed by atoms with van der Waals surface area (Å²) in [7, 11) is 0. The molecule has 0 radical (unpaired) electrons. The van der Waals surface area contributed by atoms with Gasteiger partial charge < -0.3 is 0 Å². The molecule has 1 nitrogen and oxygen atoms in total. The maximum atomic E-state index is 11.8. The highest BCUT2D eigenvalue weighted by molar-refractivity contribution is 5.81. The van der Waals surface area contributed by atoms with Crippen LogP contribution in [0.25, 0.3) is 0 Å². The Morgan fingerprint density at radius 2 is 1.88 bits per heavy atom. The zero-order valence-corrected chi connectivity index (χ0v) is 11.7. The lowest BCUT2D eigenvalue weighted by molar-refractivity contribution is -0.119. The Labute approximate surface area is 105 Å². The molecular formula is C16H24O. The molecule has 94 valence electrons. The number of carbonyl (C=O) groups is 1. The van der Waals surface area contributed by atoms with E-state index in [1.54, 1.807) is 0 Å². The Balaban J connectivity index is 2.76. The van der Waals surface area contributed by atoms with Crippen molar-refractivity contribution >= 4 is 5.78 Å². The number of carbonyl (C=O) groups excluding carboxylic acids is 1. The Kier molecular flexibility index (Phi) is 4.50. The van der Waals surface area contributed by atoms with Crippen LogP contribution < -0.4 is 0 Å². The molecule has 0 fully saturated rings. The molecule has 1 rings (SSSR count). The molecule has 0 amide bonds. The zero-order chi connectivity index (χ0) is 13.1. The van der Waals surface area contributed by atoms with Crippen LogP contribution in [0.3, 0.4) is 0 Å². The normalized spacial score (nSPS) is 11.9. The van der Waals surface area contributed by atoms with Gasteiger partial charge in [0.2, 0.25) is 0 Å². The van der Waals surface area contributed by atoms with Crippen LogP contribution in [-0.4, -0.2) is 5.78 Å². The van der Waals surface area contributed by atoms with Crippen molar-refractivity contribution < 1.29 is 4.79 Å². The van der Waals surface area contributed by atoms with Gasteiger partial charge in [-0.3, -0.25) is 4.79 Å². The summed E-state index contributed by atoms with van der Waals surface area (Å²) < 4.78 is 0. The SMILES string of the molecule is CC(C)CC(=O)Cc1cccc(C(C)(C)C)c1. The molecule has 0 aliphatic heterocycles. The number of hydrogen-bond acceptors (Lipinski definition) is 1. The van der Waals surface area contributed by atoms with Crippen molar-refractivity contribution in [3.63, 3.8) is 0 Å². The largest absolute Gasteiger partial charge is 0.299 e. The Morgan fingerprint density at radius 3 is 2.41 bits per heavy atom. The lowest BCUT2D eigenvalue weighted by Gasteiger charge is -2.19. The molecule has 0 saturated heterocycles. The fraction of sp³-hybridized carbons (Fsp3) is 0.562. The first-order valence-corrected chi connectivity index (χ1v) is 6.40. The highest BCUT2D eigenvalue weighted by atomic mass is 16.1. The molecule has 0 aromatic heterocycles. The van der Waals surface area contributed by atoms with Crippen molar-refractivity contribution in [2.75, 3.05) is 0 Å². The van der Waals surface area contributed by atoms with Crippen LogP contribution in [0.4, 0.5) is 0 Å². The van der Waals surface area contributed by atoms with E-state index in [-0.39, 0.29) is 5.41 Å². The molecule has 0 spiro atoms. The lowest BCUT2D eigenvalue weighted by atomic mass is 9.85. The molecule has 1 heteroatoms. The van der Waals surface area contributed by atoms with Crippen LogP contribution in [0.15, 0.2) is 24.3 Å². The molecule has 0 atom stereocenters.